The fourth-order valence-electron chi connectivity index (χ4n) is 4.74. The normalized spacial score (nSPS) is 14.9. The maximum atomic E-state index is 8.00. The van der Waals surface area contributed by atoms with E-state index in [1.54, 1.807) is 5.56 Å². The van der Waals surface area contributed by atoms with Crippen LogP contribution in [0.2, 0.25) is 0 Å². The number of rotatable bonds is 10. The summed E-state index contributed by atoms with van der Waals surface area (Å²) in [7, 11) is 0. The Balaban J connectivity index is 0.00000352. The van der Waals surface area contributed by atoms with Gasteiger partial charge in [0.25, 0.3) is 0 Å². The van der Waals surface area contributed by atoms with Crippen molar-refractivity contribution in [2.24, 2.45) is 17.3 Å². The van der Waals surface area contributed by atoms with Crippen LogP contribution < -0.4 is 0 Å². The molecule has 0 amide bonds. The third-order valence-corrected chi connectivity index (χ3v) is 5.50. The Kier molecular flexibility index (Phi) is 12.6. The van der Waals surface area contributed by atoms with Crippen molar-refractivity contribution in [2.45, 2.75) is 100 Å². The standard InChI is InChI=1S/C25H44O.CH2O/c1-10-12-19(5)15-23-17-22(24(18(3)4)25(7,8)9)14-13-21(23)16-20(6)26-11-2;1-2/h13-14,17-20,24H,10-12,15-16H2,1-9H3;1H2. The van der Waals surface area contributed by atoms with Gasteiger partial charge in [0.15, 0.2) is 0 Å². The van der Waals surface area contributed by atoms with Crippen LogP contribution in [-0.4, -0.2) is 19.5 Å². The van der Waals surface area contributed by atoms with Crippen LogP contribution in [0.5, 0.6) is 0 Å². The summed E-state index contributed by atoms with van der Waals surface area (Å²) < 4.78 is 5.82. The highest BCUT2D eigenvalue weighted by molar-refractivity contribution is 5.36. The Morgan fingerprint density at radius 3 is 2.04 bits per heavy atom. The van der Waals surface area contributed by atoms with Crippen LogP contribution in [-0.2, 0) is 22.4 Å². The van der Waals surface area contributed by atoms with Gasteiger partial charge in [-0.3, -0.25) is 0 Å². The van der Waals surface area contributed by atoms with Gasteiger partial charge in [-0.05, 0) is 66.5 Å². The summed E-state index contributed by atoms with van der Waals surface area (Å²) in [5.41, 5.74) is 4.82. The van der Waals surface area contributed by atoms with Crippen LogP contribution >= 0.6 is 0 Å². The van der Waals surface area contributed by atoms with Gasteiger partial charge in [0.1, 0.15) is 6.79 Å². The number of hydrogen-bond acceptors (Lipinski definition) is 2. The average Bonchev–Trinajstić information content (AvgIpc) is 2.58. The highest BCUT2D eigenvalue weighted by atomic mass is 16.5. The van der Waals surface area contributed by atoms with Crippen LogP contribution in [0, 0.1) is 17.3 Å². The molecule has 0 aromatic heterocycles. The van der Waals surface area contributed by atoms with Gasteiger partial charge < -0.3 is 9.53 Å². The van der Waals surface area contributed by atoms with Crippen molar-refractivity contribution in [1.82, 2.24) is 0 Å². The summed E-state index contributed by atoms with van der Waals surface area (Å²) in [6, 6.07) is 7.30. The zero-order valence-electron chi connectivity index (χ0n) is 20.1. The van der Waals surface area contributed by atoms with Gasteiger partial charge in [-0.1, -0.05) is 79.5 Å². The molecule has 28 heavy (non-hydrogen) atoms. The van der Waals surface area contributed by atoms with Gasteiger partial charge in [-0.2, -0.15) is 0 Å². The summed E-state index contributed by atoms with van der Waals surface area (Å²) >= 11 is 0. The number of ether oxygens (including phenoxy) is 1. The zero-order chi connectivity index (χ0) is 21.9. The van der Waals surface area contributed by atoms with E-state index in [0.717, 1.165) is 18.9 Å². The van der Waals surface area contributed by atoms with Gasteiger partial charge in [0.2, 0.25) is 0 Å². The molecule has 1 aromatic carbocycles. The van der Waals surface area contributed by atoms with Crippen molar-refractivity contribution in [2.75, 3.05) is 6.61 Å². The topological polar surface area (TPSA) is 26.3 Å². The summed E-state index contributed by atoms with van der Waals surface area (Å²) in [6.07, 6.45) is 5.06. The molecule has 2 nitrogen and oxygen atoms in total. The van der Waals surface area contributed by atoms with Crippen molar-refractivity contribution in [3.8, 4) is 0 Å². The van der Waals surface area contributed by atoms with Gasteiger partial charge in [-0.15, -0.1) is 0 Å². The van der Waals surface area contributed by atoms with E-state index < -0.39 is 0 Å². The zero-order valence-corrected chi connectivity index (χ0v) is 20.1. The molecule has 3 unspecified atom stereocenters. The summed E-state index contributed by atoms with van der Waals surface area (Å²) in [4.78, 5) is 8.00. The second-order valence-electron chi connectivity index (χ2n) is 9.68. The first-order valence-electron chi connectivity index (χ1n) is 11.1. The lowest BCUT2D eigenvalue weighted by atomic mass is 9.70. The van der Waals surface area contributed by atoms with E-state index in [4.69, 9.17) is 9.53 Å². The van der Waals surface area contributed by atoms with Crippen molar-refractivity contribution in [3.05, 3.63) is 34.9 Å². The van der Waals surface area contributed by atoms with Crippen molar-refractivity contribution in [1.29, 1.82) is 0 Å². The van der Waals surface area contributed by atoms with E-state index in [1.807, 2.05) is 6.79 Å². The summed E-state index contributed by atoms with van der Waals surface area (Å²) in [5, 5.41) is 0. The molecule has 1 aromatic rings. The minimum Gasteiger partial charge on any atom is -0.378 e. The quantitative estimate of drug-likeness (QED) is 0.421. The predicted octanol–water partition coefficient (Wildman–Crippen LogP) is 7.23. The number of hydrogen-bond donors (Lipinski definition) is 0. The molecule has 0 saturated heterocycles. The Labute approximate surface area is 175 Å². The van der Waals surface area contributed by atoms with Crippen molar-refractivity contribution in [3.63, 3.8) is 0 Å². The molecular weight excluding hydrogens is 344 g/mol. The largest absolute Gasteiger partial charge is 0.378 e. The lowest BCUT2D eigenvalue weighted by Gasteiger charge is -2.35. The van der Waals surface area contributed by atoms with Crippen LogP contribution in [0.1, 0.15) is 97.8 Å². The van der Waals surface area contributed by atoms with Gasteiger partial charge >= 0.3 is 0 Å². The van der Waals surface area contributed by atoms with E-state index in [2.05, 4.69) is 80.5 Å². The first-order chi connectivity index (χ1) is 13.1. The van der Waals surface area contributed by atoms with Crippen LogP contribution in [0.25, 0.3) is 0 Å². The molecule has 0 spiro atoms. The van der Waals surface area contributed by atoms with E-state index in [0.29, 0.717) is 11.8 Å². The number of carbonyl (C=O) groups excluding carboxylic acids is 1. The molecule has 0 bridgehead atoms. The molecule has 1 rings (SSSR count). The molecular formula is C26H46O2. The SMILES string of the molecule is C=O.CCCC(C)Cc1cc(C(C(C)C)C(C)(C)C)ccc1CC(C)OCC. The maximum Gasteiger partial charge on any atom is 0.106 e. The smallest absolute Gasteiger partial charge is 0.106 e. The van der Waals surface area contributed by atoms with Crippen molar-refractivity contribution < 1.29 is 9.53 Å². The van der Waals surface area contributed by atoms with Crippen LogP contribution in [0.15, 0.2) is 18.2 Å². The Morgan fingerprint density at radius 2 is 1.57 bits per heavy atom. The molecule has 0 aliphatic rings. The molecule has 0 N–H and O–H groups in total. The van der Waals surface area contributed by atoms with Crippen LogP contribution in [0.4, 0.5) is 0 Å². The average molecular weight is 391 g/mol. The molecule has 3 atom stereocenters. The fourth-order valence-corrected chi connectivity index (χ4v) is 4.74. The Hall–Kier alpha value is -1.15. The van der Waals surface area contributed by atoms with E-state index in [-0.39, 0.29) is 11.5 Å². The minimum absolute atomic E-state index is 0.278. The Morgan fingerprint density at radius 1 is 0.964 bits per heavy atom. The lowest BCUT2D eigenvalue weighted by Crippen LogP contribution is -2.24. The monoisotopic (exact) mass is 390 g/mol. The van der Waals surface area contributed by atoms with E-state index in [1.165, 1.54) is 30.4 Å². The molecule has 0 heterocycles. The highest BCUT2D eigenvalue weighted by Gasteiger charge is 2.29. The van der Waals surface area contributed by atoms with Crippen molar-refractivity contribution >= 4 is 6.79 Å². The molecule has 0 radical (unpaired) electrons. The molecule has 0 aliphatic heterocycles. The third-order valence-electron chi connectivity index (χ3n) is 5.50. The predicted molar refractivity (Wildman–Crippen MR) is 123 cm³/mol. The third kappa shape index (κ3) is 8.90. The molecule has 2 heteroatoms. The summed E-state index contributed by atoms with van der Waals surface area (Å²) in [5.74, 6) is 1.97. The highest BCUT2D eigenvalue weighted by Crippen LogP contribution is 2.41. The first kappa shape index (κ1) is 26.9. The second-order valence-corrected chi connectivity index (χ2v) is 9.68. The van der Waals surface area contributed by atoms with E-state index in [9.17, 15) is 0 Å². The molecule has 162 valence electrons. The number of benzene rings is 1. The fraction of sp³-hybridized carbons (Fsp3) is 0.731. The van der Waals surface area contributed by atoms with E-state index >= 15 is 0 Å². The van der Waals surface area contributed by atoms with Crippen LogP contribution in [0.3, 0.4) is 0 Å². The summed E-state index contributed by atoms with van der Waals surface area (Å²) in [6.45, 7) is 23.6. The Bertz CT molecular complexity index is 542. The lowest BCUT2D eigenvalue weighted by molar-refractivity contribution is -0.0979. The first-order valence-corrected chi connectivity index (χ1v) is 11.1. The van der Waals surface area contributed by atoms with Gasteiger partial charge in [0.05, 0.1) is 6.10 Å². The maximum absolute atomic E-state index is 8.00. The van der Waals surface area contributed by atoms with Gasteiger partial charge in [0, 0.05) is 6.61 Å². The van der Waals surface area contributed by atoms with Gasteiger partial charge in [-0.25, -0.2) is 0 Å². The molecule has 0 saturated carbocycles. The minimum atomic E-state index is 0.278. The molecule has 0 fully saturated rings. The number of carbonyl (C=O) groups is 1. The second kappa shape index (κ2) is 13.1. The molecule has 0 aliphatic carbocycles.